The molecule has 4 rings (SSSR count). The number of rotatable bonds is 7. The molecule has 0 saturated carbocycles. The molecule has 0 radical (unpaired) electrons. The molecular weight excluding hydrogens is 513 g/mol. The van der Waals surface area contributed by atoms with Gasteiger partial charge in [-0.2, -0.15) is 18.3 Å². The zero-order chi connectivity index (χ0) is 24.1. The second-order valence-electron chi connectivity index (χ2n) is 7.16. The van der Waals surface area contributed by atoms with Crippen LogP contribution in [0, 0.1) is 0 Å². The Morgan fingerprint density at radius 3 is 2.35 bits per heavy atom. The molecular formula is C24H18BrF3N4O2. The fraction of sp³-hybridized carbons (Fsp3) is 0.125. The summed E-state index contributed by atoms with van der Waals surface area (Å²) in [5, 5.41) is 7.19. The van der Waals surface area contributed by atoms with Crippen molar-refractivity contribution in [2.75, 3.05) is 6.61 Å². The highest BCUT2D eigenvalue weighted by molar-refractivity contribution is 9.10. The monoisotopic (exact) mass is 530 g/mol. The largest absolute Gasteiger partial charge is 0.482 e. The van der Waals surface area contributed by atoms with Crippen LogP contribution in [0.5, 0.6) is 5.75 Å². The lowest BCUT2D eigenvalue weighted by molar-refractivity contribution is -0.153. The van der Waals surface area contributed by atoms with Gasteiger partial charge >= 0.3 is 6.18 Å². The number of nitrogens with one attached hydrogen (secondary N) is 1. The van der Waals surface area contributed by atoms with Crippen LogP contribution in [0.25, 0.3) is 16.9 Å². The number of amides is 1. The molecule has 1 N–H and O–H groups in total. The molecule has 0 saturated heterocycles. The van der Waals surface area contributed by atoms with E-state index in [0.29, 0.717) is 10.2 Å². The maximum absolute atomic E-state index is 13.0. The van der Waals surface area contributed by atoms with Gasteiger partial charge in [-0.1, -0.05) is 48.5 Å². The summed E-state index contributed by atoms with van der Waals surface area (Å²) < 4.78 is 44.6. The van der Waals surface area contributed by atoms with Crippen molar-refractivity contribution in [1.29, 1.82) is 0 Å². The van der Waals surface area contributed by atoms with Gasteiger partial charge in [0.25, 0.3) is 5.91 Å². The smallest absolute Gasteiger partial charge is 0.422 e. The molecule has 2 aromatic heterocycles. The summed E-state index contributed by atoms with van der Waals surface area (Å²) in [5.74, 6) is -0.579. The van der Waals surface area contributed by atoms with E-state index in [2.05, 4.69) is 31.3 Å². The number of carbonyl (C=O) groups is 1. The number of ether oxygens (including phenoxy) is 1. The van der Waals surface area contributed by atoms with Crippen molar-refractivity contribution in [3.63, 3.8) is 0 Å². The van der Waals surface area contributed by atoms with Crippen LogP contribution in [0.4, 0.5) is 13.2 Å². The first-order chi connectivity index (χ1) is 16.3. The van der Waals surface area contributed by atoms with Gasteiger partial charge < -0.3 is 10.1 Å². The van der Waals surface area contributed by atoms with Crippen molar-refractivity contribution in [3.05, 3.63) is 94.9 Å². The van der Waals surface area contributed by atoms with Crippen molar-refractivity contribution < 1.29 is 22.7 Å². The predicted octanol–water partition coefficient (Wildman–Crippen LogP) is 5.57. The summed E-state index contributed by atoms with van der Waals surface area (Å²) in [5.41, 5.74) is 2.58. The first kappa shape index (κ1) is 23.5. The van der Waals surface area contributed by atoms with Gasteiger partial charge in [0.2, 0.25) is 0 Å². The van der Waals surface area contributed by atoms with Crippen LogP contribution in [-0.2, 0) is 6.54 Å². The SMILES string of the molecule is O=C(NCc1ncccc1OCC(F)(F)F)c1nn(-c2ccccc2)c(-c2ccccc2)c1Br. The van der Waals surface area contributed by atoms with E-state index in [1.54, 1.807) is 4.68 Å². The number of alkyl halides is 3. The molecule has 0 aliphatic heterocycles. The molecule has 0 aliphatic rings. The Kier molecular flexibility index (Phi) is 6.97. The first-order valence-corrected chi connectivity index (χ1v) is 10.9. The van der Waals surface area contributed by atoms with Gasteiger partial charge in [-0.25, -0.2) is 4.68 Å². The molecule has 10 heteroatoms. The Morgan fingerprint density at radius 2 is 1.68 bits per heavy atom. The number of nitrogens with zero attached hydrogens (tertiary/aromatic N) is 3. The lowest BCUT2D eigenvalue weighted by Crippen LogP contribution is -2.25. The average molecular weight is 531 g/mol. The van der Waals surface area contributed by atoms with E-state index < -0.39 is 18.7 Å². The standard InChI is InChI=1S/C24H18BrF3N4O2/c25-20-21(23(33)30-14-18-19(12-7-13-29-18)34-15-24(26,27)28)31-32(17-10-5-2-6-11-17)22(20)16-8-3-1-4-9-16/h1-13H,14-15H2,(H,30,33). The first-order valence-electron chi connectivity index (χ1n) is 10.1. The molecule has 1 amide bonds. The van der Waals surface area contributed by atoms with E-state index in [4.69, 9.17) is 4.74 Å². The normalized spacial score (nSPS) is 11.3. The summed E-state index contributed by atoms with van der Waals surface area (Å²) >= 11 is 3.51. The Labute approximate surface area is 201 Å². The summed E-state index contributed by atoms with van der Waals surface area (Å²) in [6.45, 7) is -1.59. The third-order valence-electron chi connectivity index (χ3n) is 4.75. The molecule has 0 aliphatic carbocycles. The number of para-hydroxylation sites is 1. The number of pyridine rings is 1. The number of aromatic nitrogens is 3. The molecule has 0 spiro atoms. The minimum atomic E-state index is -4.49. The molecule has 2 heterocycles. The molecule has 0 bridgehead atoms. The second kappa shape index (κ2) is 10.1. The van der Waals surface area contributed by atoms with Crippen LogP contribution in [0.1, 0.15) is 16.2 Å². The minimum absolute atomic E-state index is 0.0565. The van der Waals surface area contributed by atoms with Crippen molar-refractivity contribution in [1.82, 2.24) is 20.1 Å². The number of halogens is 4. The summed E-state index contributed by atoms with van der Waals surface area (Å²) in [4.78, 5) is 17.1. The minimum Gasteiger partial charge on any atom is -0.482 e. The molecule has 0 unspecified atom stereocenters. The van der Waals surface area contributed by atoms with Crippen LogP contribution in [0.2, 0.25) is 0 Å². The lowest BCUT2D eigenvalue weighted by atomic mass is 10.1. The maximum Gasteiger partial charge on any atom is 0.422 e. The van der Waals surface area contributed by atoms with Gasteiger partial charge in [0, 0.05) is 11.8 Å². The highest BCUT2D eigenvalue weighted by atomic mass is 79.9. The van der Waals surface area contributed by atoms with Crippen molar-refractivity contribution >= 4 is 21.8 Å². The lowest BCUT2D eigenvalue weighted by Gasteiger charge is -2.12. The molecule has 0 atom stereocenters. The van der Waals surface area contributed by atoms with Crippen molar-refractivity contribution in [2.45, 2.75) is 12.7 Å². The maximum atomic E-state index is 13.0. The number of hydrogen-bond donors (Lipinski definition) is 1. The van der Waals surface area contributed by atoms with Gasteiger partial charge in [0.1, 0.15) is 11.4 Å². The zero-order valence-corrected chi connectivity index (χ0v) is 19.2. The highest BCUT2D eigenvalue weighted by Crippen LogP contribution is 2.33. The topological polar surface area (TPSA) is 69.0 Å². The third-order valence-corrected chi connectivity index (χ3v) is 5.50. The Morgan fingerprint density at radius 1 is 1.00 bits per heavy atom. The molecule has 2 aromatic carbocycles. The highest BCUT2D eigenvalue weighted by Gasteiger charge is 2.29. The van der Waals surface area contributed by atoms with Crippen LogP contribution >= 0.6 is 15.9 Å². The van der Waals surface area contributed by atoms with Crippen LogP contribution < -0.4 is 10.1 Å². The van der Waals surface area contributed by atoms with Gasteiger partial charge in [-0.3, -0.25) is 9.78 Å². The van der Waals surface area contributed by atoms with E-state index in [1.807, 2.05) is 60.7 Å². The van der Waals surface area contributed by atoms with E-state index in [0.717, 1.165) is 11.3 Å². The number of benzene rings is 2. The van der Waals surface area contributed by atoms with Crippen molar-refractivity contribution in [2.24, 2.45) is 0 Å². The summed E-state index contributed by atoms with van der Waals surface area (Å²) in [6.07, 6.45) is -3.07. The van der Waals surface area contributed by atoms with Gasteiger partial charge in [-0.15, -0.1) is 0 Å². The van der Waals surface area contributed by atoms with Gasteiger partial charge in [0.05, 0.1) is 22.4 Å². The van der Waals surface area contributed by atoms with E-state index in [-0.39, 0.29) is 23.7 Å². The molecule has 6 nitrogen and oxygen atoms in total. The fourth-order valence-electron chi connectivity index (χ4n) is 3.24. The summed E-state index contributed by atoms with van der Waals surface area (Å²) in [6, 6.07) is 21.6. The van der Waals surface area contributed by atoms with Gasteiger partial charge in [-0.05, 0) is 40.2 Å². The quantitative estimate of drug-likeness (QED) is 0.339. The van der Waals surface area contributed by atoms with E-state index in [9.17, 15) is 18.0 Å². The Balaban J connectivity index is 1.61. The van der Waals surface area contributed by atoms with Crippen LogP contribution in [0.15, 0.2) is 83.5 Å². The predicted molar refractivity (Wildman–Crippen MR) is 124 cm³/mol. The van der Waals surface area contributed by atoms with E-state index >= 15 is 0 Å². The van der Waals surface area contributed by atoms with Crippen LogP contribution in [-0.4, -0.2) is 33.5 Å². The Bertz CT molecular complexity index is 1280. The average Bonchev–Trinajstić information content (AvgIpc) is 3.19. The number of carbonyl (C=O) groups excluding carboxylic acids is 1. The molecule has 174 valence electrons. The van der Waals surface area contributed by atoms with Gasteiger partial charge in [0.15, 0.2) is 12.3 Å². The fourth-order valence-corrected chi connectivity index (χ4v) is 3.90. The molecule has 34 heavy (non-hydrogen) atoms. The van der Waals surface area contributed by atoms with E-state index in [1.165, 1.54) is 18.3 Å². The Hall–Kier alpha value is -3.66. The van der Waals surface area contributed by atoms with Crippen LogP contribution in [0.3, 0.4) is 0 Å². The van der Waals surface area contributed by atoms with Crippen molar-refractivity contribution in [3.8, 4) is 22.7 Å². The zero-order valence-electron chi connectivity index (χ0n) is 17.6. The number of hydrogen-bond acceptors (Lipinski definition) is 4. The molecule has 0 fully saturated rings. The third kappa shape index (κ3) is 5.45. The molecule has 4 aromatic rings. The second-order valence-corrected chi connectivity index (χ2v) is 7.95. The summed E-state index contributed by atoms with van der Waals surface area (Å²) in [7, 11) is 0.